The minimum Gasteiger partial charge on any atom is -0.496 e. The SMILES string of the molecule is COc1ccccc1CNC(=O)c1ccc(C#N)nc1. The lowest BCUT2D eigenvalue weighted by molar-refractivity contribution is 0.0950. The fourth-order valence-electron chi connectivity index (χ4n) is 1.72. The predicted molar refractivity (Wildman–Crippen MR) is 73.1 cm³/mol. The fourth-order valence-corrected chi connectivity index (χ4v) is 1.72. The third-order valence-electron chi connectivity index (χ3n) is 2.77. The average molecular weight is 267 g/mol. The van der Waals surface area contributed by atoms with Gasteiger partial charge in [-0.15, -0.1) is 0 Å². The van der Waals surface area contributed by atoms with E-state index in [1.54, 1.807) is 13.2 Å². The Morgan fingerprint density at radius 1 is 1.35 bits per heavy atom. The summed E-state index contributed by atoms with van der Waals surface area (Å²) in [6, 6.07) is 12.5. The zero-order valence-corrected chi connectivity index (χ0v) is 11.0. The molecule has 1 heterocycles. The Balaban J connectivity index is 2.03. The molecule has 1 aromatic heterocycles. The summed E-state index contributed by atoms with van der Waals surface area (Å²) in [5, 5.41) is 11.4. The fraction of sp³-hybridized carbons (Fsp3) is 0.133. The van der Waals surface area contributed by atoms with Gasteiger partial charge in [0.2, 0.25) is 0 Å². The van der Waals surface area contributed by atoms with E-state index in [1.807, 2.05) is 30.3 Å². The number of carbonyl (C=O) groups excluding carboxylic acids is 1. The minimum atomic E-state index is -0.243. The molecule has 1 N–H and O–H groups in total. The monoisotopic (exact) mass is 267 g/mol. The highest BCUT2D eigenvalue weighted by Gasteiger charge is 2.07. The Bertz CT molecular complexity index is 645. The van der Waals surface area contributed by atoms with Crippen molar-refractivity contribution in [3.63, 3.8) is 0 Å². The van der Waals surface area contributed by atoms with Crippen molar-refractivity contribution in [3.05, 3.63) is 59.4 Å². The first kappa shape index (κ1) is 13.6. The van der Waals surface area contributed by atoms with Crippen LogP contribution in [0.5, 0.6) is 5.75 Å². The van der Waals surface area contributed by atoms with Gasteiger partial charge in [-0.05, 0) is 18.2 Å². The second kappa shape index (κ2) is 6.34. The Hall–Kier alpha value is -2.87. The summed E-state index contributed by atoms with van der Waals surface area (Å²) in [5.74, 6) is 0.485. The van der Waals surface area contributed by atoms with E-state index in [4.69, 9.17) is 10.00 Å². The van der Waals surface area contributed by atoms with Gasteiger partial charge >= 0.3 is 0 Å². The number of aromatic nitrogens is 1. The van der Waals surface area contributed by atoms with Crippen molar-refractivity contribution in [3.8, 4) is 11.8 Å². The molecule has 0 unspecified atom stereocenters. The number of ether oxygens (including phenoxy) is 1. The quantitative estimate of drug-likeness (QED) is 0.917. The van der Waals surface area contributed by atoms with Crippen LogP contribution >= 0.6 is 0 Å². The molecule has 5 nitrogen and oxygen atoms in total. The lowest BCUT2D eigenvalue weighted by atomic mass is 10.2. The molecule has 1 aromatic carbocycles. The number of pyridine rings is 1. The number of hydrogen-bond acceptors (Lipinski definition) is 4. The number of para-hydroxylation sites is 1. The highest BCUT2D eigenvalue weighted by molar-refractivity contribution is 5.93. The summed E-state index contributed by atoms with van der Waals surface area (Å²) >= 11 is 0. The molecular formula is C15H13N3O2. The molecule has 0 aliphatic carbocycles. The summed E-state index contributed by atoms with van der Waals surface area (Å²) in [6.45, 7) is 0.364. The van der Waals surface area contributed by atoms with E-state index >= 15 is 0 Å². The number of amides is 1. The molecule has 5 heteroatoms. The Labute approximate surface area is 116 Å². The molecule has 20 heavy (non-hydrogen) atoms. The van der Waals surface area contributed by atoms with E-state index in [0.29, 0.717) is 12.1 Å². The van der Waals surface area contributed by atoms with Gasteiger partial charge in [-0.1, -0.05) is 18.2 Å². The van der Waals surface area contributed by atoms with Crippen molar-refractivity contribution < 1.29 is 9.53 Å². The van der Waals surface area contributed by atoms with Gasteiger partial charge in [-0.2, -0.15) is 5.26 Å². The van der Waals surface area contributed by atoms with Crippen molar-refractivity contribution >= 4 is 5.91 Å². The molecule has 0 saturated carbocycles. The molecule has 0 aliphatic rings. The molecule has 0 fully saturated rings. The Morgan fingerprint density at radius 2 is 2.15 bits per heavy atom. The summed E-state index contributed by atoms with van der Waals surface area (Å²) in [7, 11) is 1.59. The van der Waals surface area contributed by atoms with E-state index in [9.17, 15) is 4.79 Å². The van der Waals surface area contributed by atoms with Gasteiger partial charge in [0.25, 0.3) is 5.91 Å². The van der Waals surface area contributed by atoms with Crippen molar-refractivity contribution in [2.45, 2.75) is 6.54 Å². The zero-order chi connectivity index (χ0) is 14.4. The molecule has 0 saturated heterocycles. The maximum absolute atomic E-state index is 11.9. The van der Waals surface area contributed by atoms with Crippen molar-refractivity contribution in [1.29, 1.82) is 5.26 Å². The maximum Gasteiger partial charge on any atom is 0.253 e. The molecule has 2 aromatic rings. The highest BCUT2D eigenvalue weighted by Crippen LogP contribution is 2.16. The summed E-state index contributed by atoms with van der Waals surface area (Å²) in [5.41, 5.74) is 1.59. The van der Waals surface area contributed by atoms with Crippen LogP contribution in [0.2, 0.25) is 0 Å². The number of nitrogens with zero attached hydrogens (tertiary/aromatic N) is 2. The maximum atomic E-state index is 11.9. The largest absolute Gasteiger partial charge is 0.496 e. The standard InChI is InChI=1S/C15H13N3O2/c1-20-14-5-3-2-4-11(14)9-18-15(19)12-6-7-13(8-16)17-10-12/h2-7,10H,9H2,1H3,(H,18,19). The molecule has 0 atom stereocenters. The minimum absolute atomic E-state index is 0.243. The number of hydrogen-bond donors (Lipinski definition) is 1. The molecular weight excluding hydrogens is 254 g/mol. The number of nitriles is 1. The van der Waals surface area contributed by atoms with Crippen LogP contribution in [0.15, 0.2) is 42.6 Å². The lowest BCUT2D eigenvalue weighted by Crippen LogP contribution is -2.23. The molecule has 0 radical (unpaired) electrons. The van der Waals surface area contributed by atoms with Crippen LogP contribution in [0, 0.1) is 11.3 Å². The molecule has 0 bridgehead atoms. The van der Waals surface area contributed by atoms with Crippen molar-refractivity contribution in [2.75, 3.05) is 7.11 Å². The van der Waals surface area contributed by atoms with Crippen LogP contribution < -0.4 is 10.1 Å². The molecule has 100 valence electrons. The first-order valence-corrected chi connectivity index (χ1v) is 6.01. The van der Waals surface area contributed by atoms with Gasteiger partial charge < -0.3 is 10.1 Å². The van der Waals surface area contributed by atoms with Gasteiger partial charge in [0.15, 0.2) is 0 Å². The predicted octanol–water partition coefficient (Wildman–Crippen LogP) is 1.89. The second-order valence-electron chi connectivity index (χ2n) is 4.04. The highest BCUT2D eigenvalue weighted by atomic mass is 16.5. The van der Waals surface area contributed by atoms with Crippen LogP contribution in [-0.4, -0.2) is 18.0 Å². The second-order valence-corrected chi connectivity index (χ2v) is 4.04. The Kier molecular flexibility index (Phi) is 4.30. The van der Waals surface area contributed by atoms with E-state index in [-0.39, 0.29) is 11.6 Å². The number of rotatable bonds is 4. The van der Waals surface area contributed by atoms with Gasteiger partial charge in [0.05, 0.1) is 12.7 Å². The normalized spacial score (nSPS) is 9.60. The summed E-state index contributed by atoms with van der Waals surface area (Å²) in [4.78, 5) is 15.8. The molecule has 2 rings (SSSR count). The van der Waals surface area contributed by atoms with Crippen molar-refractivity contribution in [2.24, 2.45) is 0 Å². The first-order chi connectivity index (χ1) is 9.74. The average Bonchev–Trinajstić information content (AvgIpc) is 2.53. The third kappa shape index (κ3) is 3.12. The third-order valence-corrected chi connectivity index (χ3v) is 2.77. The van der Waals surface area contributed by atoms with Crippen LogP contribution in [-0.2, 0) is 6.54 Å². The van der Waals surface area contributed by atoms with Crippen molar-refractivity contribution in [1.82, 2.24) is 10.3 Å². The van der Waals surface area contributed by atoms with Crippen LogP contribution in [0.3, 0.4) is 0 Å². The molecule has 1 amide bonds. The number of nitrogens with one attached hydrogen (secondary N) is 1. The van der Waals surface area contributed by atoms with Gasteiger partial charge in [0, 0.05) is 18.3 Å². The smallest absolute Gasteiger partial charge is 0.253 e. The number of benzene rings is 1. The summed E-state index contributed by atoms with van der Waals surface area (Å²) in [6.07, 6.45) is 1.39. The summed E-state index contributed by atoms with van der Waals surface area (Å²) < 4.78 is 5.21. The first-order valence-electron chi connectivity index (χ1n) is 6.01. The molecule has 0 spiro atoms. The van der Waals surface area contributed by atoms with E-state index in [0.717, 1.165) is 11.3 Å². The van der Waals surface area contributed by atoms with Gasteiger partial charge in [-0.25, -0.2) is 4.98 Å². The topological polar surface area (TPSA) is 75.0 Å². The van der Waals surface area contributed by atoms with Crippen LogP contribution in [0.25, 0.3) is 0 Å². The Morgan fingerprint density at radius 3 is 2.80 bits per heavy atom. The molecule has 0 aliphatic heterocycles. The van der Waals surface area contributed by atoms with Gasteiger partial charge in [-0.3, -0.25) is 4.79 Å². The lowest BCUT2D eigenvalue weighted by Gasteiger charge is -2.09. The van der Waals surface area contributed by atoms with E-state index in [2.05, 4.69) is 10.3 Å². The van der Waals surface area contributed by atoms with E-state index < -0.39 is 0 Å². The zero-order valence-electron chi connectivity index (χ0n) is 11.0. The van der Waals surface area contributed by atoms with Crippen LogP contribution in [0.4, 0.5) is 0 Å². The number of methoxy groups -OCH3 is 1. The van der Waals surface area contributed by atoms with Gasteiger partial charge in [0.1, 0.15) is 17.5 Å². The van der Waals surface area contributed by atoms with E-state index in [1.165, 1.54) is 12.3 Å². The number of carbonyl (C=O) groups is 1. The van der Waals surface area contributed by atoms with Crippen LogP contribution in [0.1, 0.15) is 21.6 Å².